The summed E-state index contributed by atoms with van der Waals surface area (Å²) in [5.41, 5.74) is 0.0316. The van der Waals surface area contributed by atoms with Crippen LogP contribution in [0.1, 0.15) is 19.8 Å². The molecule has 2 aromatic rings. The normalized spacial score (nSPS) is 14.7. The minimum atomic E-state index is -0.465. The summed E-state index contributed by atoms with van der Waals surface area (Å²) in [6, 6.07) is 7.28. The van der Waals surface area contributed by atoms with Gasteiger partial charge in [-0.2, -0.15) is 0 Å². The molecule has 1 saturated heterocycles. The van der Waals surface area contributed by atoms with Crippen molar-refractivity contribution in [3.63, 3.8) is 0 Å². The van der Waals surface area contributed by atoms with E-state index in [9.17, 15) is 18.8 Å². The van der Waals surface area contributed by atoms with E-state index in [0.29, 0.717) is 32.5 Å². The molecule has 0 radical (unpaired) electrons. The highest BCUT2D eigenvalue weighted by atomic mass is 19.1. The van der Waals surface area contributed by atoms with E-state index in [1.165, 1.54) is 23.0 Å². The summed E-state index contributed by atoms with van der Waals surface area (Å²) in [7, 11) is 0. The van der Waals surface area contributed by atoms with E-state index in [-0.39, 0.29) is 35.6 Å². The van der Waals surface area contributed by atoms with Crippen molar-refractivity contribution in [2.24, 2.45) is 5.92 Å². The molecule has 0 aliphatic carbocycles. The van der Waals surface area contributed by atoms with Crippen molar-refractivity contribution in [2.45, 2.75) is 26.3 Å². The van der Waals surface area contributed by atoms with Crippen molar-refractivity contribution >= 4 is 11.9 Å². The van der Waals surface area contributed by atoms with Gasteiger partial charge in [0.2, 0.25) is 5.91 Å². The summed E-state index contributed by atoms with van der Waals surface area (Å²) in [6.45, 7) is 2.85. The topological polar surface area (TPSA) is 81.5 Å². The highest BCUT2D eigenvalue weighted by molar-refractivity contribution is 5.77. The number of aromatic nitrogens is 2. The van der Waals surface area contributed by atoms with Gasteiger partial charge in [0.15, 0.2) is 0 Å². The van der Waals surface area contributed by atoms with Crippen LogP contribution in [0.4, 0.5) is 4.39 Å². The van der Waals surface area contributed by atoms with Crippen LogP contribution in [0.2, 0.25) is 0 Å². The van der Waals surface area contributed by atoms with Crippen molar-refractivity contribution in [2.75, 3.05) is 19.7 Å². The number of carbonyl (C=O) groups excluding carboxylic acids is 2. The van der Waals surface area contributed by atoms with Gasteiger partial charge in [-0.05, 0) is 31.9 Å². The molecule has 0 saturated carbocycles. The summed E-state index contributed by atoms with van der Waals surface area (Å²) in [4.78, 5) is 42.3. The molecule has 148 valence electrons. The average molecular weight is 387 g/mol. The average Bonchev–Trinajstić information content (AvgIpc) is 2.70. The fraction of sp³-hybridized carbons (Fsp3) is 0.400. The molecule has 0 N–H and O–H groups in total. The Kier molecular flexibility index (Phi) is 6.18. The molecule has 28 heavy (non-hydrogen) atoms. The van der Waals surface area contributed by atoms with E-state index in [1.54, 1.807) is 30.0 Å². The maximum atomic E-state index is 13.9. The van der Waals surface area contributed by atoms with Crippen molar-refractivity contribution in [3.05, 3.63) is 52.8 Å². The van der Waals surface area contributed by atoms with E-state index in [4.69, 9.17) is 4.74 Å². The number of halogens is 1. The Morgan fingerprint density at radius 2 is 1.96 bits per heavy atom. The molecule has 0 atom stereocenters. The largest absolute Gasteiger partial charge is 0.466 e. The predicted molar refractivity (Wildman–Crippen MR) is 99.8 cm³/mol. The monoisotopic (exact) mass is 387 g/mol. The fourth-order valence-corrected chi connectivity index (χ4v) is 3.23. The lowest BCUT2D eigenvalue weighted by Gasteiger charge is -2.31. The van der Waals surface area contributed by atoms with Gasteiger partial charge in [0.05, 0.1) is 24.5 Å². The van der Waals surface area contributed by atoms with Gasteiger partial charge in [0, 0.05) is 24.7 Å². The van der Waals surface area contributed by atoms with Gasteiger partial charge in [-0.1, -0.05) is 12.1 Å². The Labute approximate surface area is 161 Å². The second-order valence-electron chi connectivity index (χ2n) is 6.63. The Morgan fingerprint density at radius 1 is 1.25 bits per heavy atom. The number of likely N-dealkylation sites (tertiary alicyclic amines) is 1. The van der Waals surface area contributed by atoms with E-state index in [1.807, 2.05) is 0 Å². The predicted octanol–water partition coefficient (Wildman–Crippen LogP) is 1.85. The number of rotatable bonds is 5. The number of nitrogens with zero attached hydrogens (tertiary/aromatic N) is 3. The number of benzene rings is 1. The molecule has 8 heteroatoms. The standard InChI is InChI=1S/C20H22FN3O4/c1-2-28-20(27)14-7-9-23(10-8-14)19(26)12-24-13-22-17(11-18(24)25)15-5-3-4-6-16(15)21/h3-6,11,13-14H,2,7-10,12H2,1H3. The van der Waals surface area contributed by atoms with Gasteiger partial charge in [-0.15, -0.1) is 0 Å². The van der Waals surface area contributed by atoms with Gasteiger partial charge in [0.25, 0.3) is 5.56 Å². The maximum Gasteiger partial charge on any atom is 0.309 e. The summed E-state index contributed by atoms with van der Waals surface area (Å²) in [5.74, 6) is -1.09. The van der Waals surface area contributed by atoms with Crippen LogP contribution in [0.5, 0.6) is 0 Å². The third-order valence-corrected chi connectivity index (χ3v) is 4.80. The zero-order chi connectivity index (χ0) is 20.1. The highest BCUT2D eigenvalue weighted by Crippen LogP contribution is 2.20. The number of hydrogen-bond donors (Lipinski definition) is 0. The number of ether oxygens (including phenoxy) is 1. The van der Waals surface area contributed by atoms with E-state index < -0.39 is 11.4 Å². The molecule has 7 nitrogen and oxygen atoms in total. The Bertz CT molecular complexity index is 920. The minimum absolute atomic E-state index is 0.145. The van der Waals surface area contributed by atoms with Crippen LogP contribution in [-0.2, 0) is 20.9 Å². The summed E-state index contributed by atoms with van der Waals surface area (Å²) >= 11 is 0. The molecule has 0 spiro atoms. The molecular formula is C20H22FN3O4. The molecule has 1 aromatic carbocycles. The first-order valence-corrected chi connectivity index (χ1v) is 9.25. The lowest BCUT2D eigenvalue weighted by Crippen LogP contribution is -2.43. The Balaban J connectivity index is 1.63. The van der Waals surface area contributed by atoms with Crippen LogP contribution >= 0.6 is 0 Å². The molecule has 0 bridgehead atoms. The Hall–Kier alpha value is -3.03. The second-order valence-corrected chi connectivity index (χ2v) is 6.63. The summed E-state index contributed by atoms with van der Waals surface area (Å²) in [6.07, 6.45) is 2.35. The highest BCUT2D eigenvalue weighted by Gasteiger charge is 2.28. The van der Waals surface area contributed by atoms with Gasteiger partial charge >= 0.3 is 5.97 Å². The number of piperidine rings is 1. The van der Waals surface area contributed by atoms with E-state index in [2.05, 4.69) is 4.98 Å². The quantitative estimate of drug-likeness (QED) is 0.732. The number of esters is 1. The maximum absolute atomic E-state index is 13.9. The molecule has 1 fully saturated rings. The van der Waals surface area contributed by atoms with Crippen molar-refractivity contribution in [1.82, 2.24) is 14.5 Å². The molecule has 1 amide bonds. The van der Waals surface area contributed by atoms with Crippen LogP contribution in [0.3, 0.4) is 0 Å². The zero-order valence-corrected chi connectivity index (χ0v) is 15.6. The molecular weight excluding hydrogens is 365 g/mol. The van der Waals surface area contributed by atoms with Crippen molar-refractivity contribution in [1.29, 1.82) is 0 Å². The lowest BCUT2D eigenvalue weighted by atomic mass is 9.97. The van der Waals surface area contributed by atoms with Gasteiger partial charge in [-0.3, -0.25) is 19.0 Å². The second kappa shape index (κ2) is 8.77. The summed E-state index contributed by atoms with van der Waals surface area (Å²) < 4.78 is 20.1. The molecule has 3 rings (SSSR count). The van der Waals surface area contributed by atoms with Gasteiger partial charge in [-0.25, -0.2) is 9.37 Å². The van der Waals surface area contributed by atoms with Crippen LogP contribution in [-0.4, -0.2) is 46.0 Å². The van der Waals surface area contributed by atoms with Crippen molar-refractivity contribution in [3.8, 4) is 11.3 Å². The first kappa shape index (κ1) is 19.7. The van der Waals surface area contributed by atoms with Crippen LogP contribution < -0.4 is 5.56 Å². The third-order valence-electron chi connectivity index (χ3n) is 4.80. The van der Waals surface area contributed by atoms with Crippen LogP contribution in [0.25, 0.3) is 11.3 Å². The van der Waals surface area contributed by atoms with Crippen LogP contribution in [0.15, 0.2) is 41.5 Å². The molecule has 1 aromatic heterocycles. The van der Waals surface area contributed by atoms with Gasteiger partial charge in [0.1, 0.15) is 12.4 Å². The van der Waals surface area contributed by atoms with E-state index in [0.717, 1.165) is 0 Å². The first-order chi connectivity index (χ1) is 13.5. The van der Waals surface area contributed by atoms with Crippen molar-refractivity contribution < 1.29 is 18.7 Å². The molecule has 1 aliphatic rings. The first-order valence-electron chi connectivity index (χ1n) is 9.25. The zero-order valence-electron chi connectivity index (χ0n) is 15.6. The third kappa shape index (κ3) is 4.44. The smallest absolute Gasteiger partial charge is 0.309 e. The number of amides is 1. The molecule has 1 aliphatic heterocycles. The molecule has 0 unspecified atom stereocenters. The van der Waals surface area contributed by atoms with Crippen LogP contribution in [0, 0.1) is 11.7 Å². The Morgan fingerprint density at radius 3 is 2.61 bits per heavy atom. The fourth-order valence-electron chi connectivity index (χ4n) is 3.23. The summed E-state index contributed by atoms with van der Waals surface area (Å²) in [5, 5.41) is 0. The lowest BCUT2D eigenvalue weighted by molar-refractivity contribution is -0.151. The number of carbonyl (C=O) groups is 2. The molecule has 2 heterocycles. The SMILES string of the molecule is CCOC(=O)C1CCN(C(=O)Cn2cnc(-c3ccccc3F)cc2=O)CC1. The van der Waals surface area contributed by atoms with E-state index >= 15 is 0 Å². The number of hydrogen-bond acceptors (Lipinski definition) is 5. The minimum Gasteiger partial charge on any atom is -0.466 e. The van der Waals surface area contributed by atoms with Gasteiger partial charge < -0.3 is 9.64 Å².